The van der Waals surface area contributed by atoms with Crippen LogP contribution in [0.5, 0.6) is 5.75 Å². The average Bonchev–Trinajstić information content (AvgIpc) is 3.26. The number of benzene rings is 3. The number of methoxy groups -OCH3 is 1. The van der Waals surface area contributed by atoms with Gasteiger partial charge in [-0.1, -0.05) is 60.3 Å². The van der Waals surface area contributed by atoms with Crippen molar-refractivity contribution in [3.8, 4) is 11.4 Å². The van der Waals surface area contributed by atoms with Crippen LogP contribution in [0.25, 0.3) is 5.69 Å². The molecule has 0 aliphatic carbocycles. The molecule has 4 aromatic rings. The summed E-state index contributed by atoms with van der Waals surface area (Å²) in [7, 11) is 1.65. The number of carbonyl (C=O) groups is 1. The molecule has 0 saturated heterocycles. The normalized spacial score (nSPS) is 10.6. The summed E-state index contributed by atoms with van der Waals surface area (Å²) in [5.74, 6) is 2.09. The minimum absolute atomic E-state index is 0.0301. The van der Waals surface area contributed by atoms with Crippen molar-refractivity contribution >= 4 is 29.0 Å². The third-order valence-corrected chi connectivity index (χ3v) is 5.81. The maximum atomic E-state index is 12.3. The molecule has 3 aromatic carbocycles. The number of hydrogen-bond acceptors (Lipinski definition) is 6. The third kappa shape index (κ3) is 5.93. The van der Waals surface area contributed by atoms with Crippen LogP contribution in [0.2, 0.25) is 0 Å². The fourth-order valence-corrected chi connectivity index (χ4v) is 4.20. The number of anilines is 2. The van der Waals surface area contributed by atoms with Crippen LogP contribution in [0.1, 0.15) is 12.2 Å². The van der Waals surface area contributed by atoms with Crippen molar-refractivity contribution in [1.82, 2.24) is 14.8 Å². The predicted molar refractivity (Wildman–Crippen MR) is 132 cm³/mol. The first kappa shape index (κ1) is 22.4. The second-order valence-electron chi connectivity index (χ2n) is 7.14. The lowest BCUT2D eigenvalue weighted by Crippen LogP contribution is -2.12. The molecule has 0 spiro atoms. The van der Waals surface area contributed by atoms with Crippen molar-refractivity contribution in [2.24, 2.45) is 0 Å². The van der Waals surface area contributed by atoms with E-state index >= 15 is 0 Å². The topological polar surface area (TPSA) is 81.1 Å². The summed E-state index contributed by atoms with van der Waals surface area (Å²) in [5.41, 5.74) is 2.65. The quantitative estimate of drug-likeness (QED) is 0.325. The molecule has 0 bridgehead atoms. The third-order valence-electron chi connectivity index (χ3n) is 4.88. The molecule has 0 aliphatic heterocycles. The van der Waals surface area contributed by atoms with Crippen LogP contribution in [0.3, 0.4) is 0 Å². The van der Waals surface area contributed by atoms with E-state index in [1.165, 1.54) is 11.8 Å². The van der Waals surface area contributed by atoms with Gasteiger partial charge in [0.05, 0.1) is 19.3 Å². The van der Waals surface area contributed by atoms with Crippen molar-refractivity contribution < 1.29 is 9.53 Å². The van der Waals surface area contributed by atoms with Gasteiger partial charge >= 0.3 is 0 Å². The van der Waals surface area contributed by atoms with Crippen molar-refractivity contribution in [3.63, 3.8) is 0 Å². The Morgan fingerprint density at radius 1 is 0.939 bits per heavy atom. The SMILES string of the molecule is COc1ccccc1NCc1nnc(SCCC(=O)Nc2ccccc2)n1-c1ccccc1. The number of amides is 1. The Balaban J connectivity index is 1.45. The Labute approximate surface area is 197 Å². The van der Waals surface area contributed by atoms with Crippen molar-refractivity contribution in [1.29, 1.82) is 0 Å². The van der Waals surface area contributed by atoms with Gasteiger partial charge in [0.15, 0.2) is 11.0 Å². The molecular weight excluding hydrogens is 434 g/mol. The zero-order chi connectivity index (χ0) is 22.9. The Kier molecular flexibility index (Phi) is 7.60. The Hall–Kier alpha value is -3.78. The summed E-state index contributed by atoms with van der Waals surface area (Å²) < 4.78 is 7.44. The average molecular weight is 460 g/mol. The van der Waals surface area contributed by atoms with Crippen LogP contribution in [0.15, 0.2) is 90.1 Å². The van der Waals surface area contributed by atoms with Crippen LogP contribution in [0, 0.1) is 0 Å². The summed E-state index contributed by atoms with van der Waals surface area (Å²) in [6, 6.07) is 27.2. The molecule has 168 valence electrons. The van der Waals surface area contributed by atoms with E-state index in [1.54, 1.807) is 7.11 Å². The van der Waals surface area contributed by atoms with E-state index < -0.39 is 0 Å². The van der Waals surface area contributed by atoms with E-state index in [1.807, 2.05) is 89.5 Å². The molecule has 1 amide bonds. The molecule has 7 nitrogen and oxygen atoms in total. The maximum Gasteiger partial charge on any atom is 0.225 e. The molecule has 2 N–H and O–H groups in total. The highest BCUT2D eigenvalue weighted by Gasteiger charge is 2.15. The molecular formula is C25H25N5O2S. The molecule has 4 rings (SSSR count). The number of nitrogens with zero attached hydrogens (tertiary/aromatic N) is 3. The molecule has 1 aromatic heterocycles. The first-order chi connectivity index (χ1) is 16.2. The molecule has 0 radical (unpaired) electrons. The largest absolute Gasteiger partial charge is 0.495 e. The van der Waals surface area contributed by atoms with E-state index in [2.05, 4.69) is 20.8 Å². The van der Waals surface area contributed by atoms with E-state index in [9.17, 15) is 4.79 Å². The van der Waals surface area contributed by atoms with Gasteiger partial charge in [-0.15, -0.1) is 10.2 Å². The molecule has 8 heteroatoms. The van der Waals surface area contributed by atoms with Gasteiger partial charge in [-0.3, -0.25) is 9.36 Å². The van der Waals surface area contributed by atoms with Crippen LogP contribution < -0.4 is 15.4 Å². The van der Waals surface area contributed by atoms with E-state index in [-0.39, 0.29) is 5.91 Å². The van der Waals surface area contributed by atoms with Gasteiger partial charge in [0, 0.05) is 23.5 Å². The van der Waals surface area contributed by atoms with Crippen LogP contribution in [0.4, 0.5) is 11.4 Å². The predicted octanol–water partition coefficient (Wildman–Crippen LogP) is 5.01. The molecule has 0 atom stereocenters. The zero-order valence-corrected chi connectivity index (χ0v) is 19.1. The first-order valence-electron chi connectivity index (χ1n) is 10.6. The lowest BCUT2D eigenvalue weighted by Gasteiger charge is -2.13. The first-order valence-corrected chi connectivity index (χ1v) is 11.6. The van der Waals surface area contributed by atoms with Gasteiger partial charge < -0.3 is 15.4 Å². The number of rotatable bonds is 10. The highest BCUT2D eigenvalue weighted by Crippen LogP contribution is 2.26. The molecule has 0 saturated carbocycles. The Morgan fingerprint density at radius 3 is 2.39 bits per heavy atom. The fraction of sp³-hybridized carbons (Fsp3) is 0.160. The number of carbonyl (C=O) groups excluding carboxylic acids is 1. The lowest BCUT2D eigenvalue weighted by atomic mass is 10.3. The second kappa shape index (κ2) is 11.2. The Bertz CT molecular complexity index is 1180. The molecule has 1 heterocycles. The summed E-state index contributed by atoms with van der Waals surface area (Å²) in [6.07, 6.45) is 0.371. The van der Waals surface area contributed by atoms with Gasteiger partial charge in [-0.25, -0.2) is 0 Å². The van der Waals surface area contributed by atoms with Crippen LogP contribution >= 0.6 is 11.8 Å². The van der Waals surface area contributed by atoms with Crippen LogP contribution in [-0.2, 0) is 11.3 Å². The van der Waals surface area contributed by atoms with Crippen molar-refractivity contribution in [2.75, 3.05) is 23.5 Å². The molecule has 33 heavy (non-hydrogen) atoms. The lowest BCUT2D eigenvalue weighted by molar-refractivity contribution is -0.115. The van der Waals surface area contributed by atoms with Gasteiger partial charge in [-0.05, 0) is 36.4 Å². The monoisotopic (exact) mass is 459 g/mol. The fourth-order valence-electron chi connectivity index (χ4n) is 3.29. The number of hydrogen-bond donors (Lipinski definition) is 2. The number of thioether (sulfide) groups is 1. The number of nitrogens with one attached hydrogen (secondary N) is 2. The number of ether oxygens (including phenoxy) is 1. The number of para-hydroxylation sites is 4. The van der Waals surface area contributed by atoms with E-state index in [0.717, 1.165) is 33.8 Å². The summed E-state index contributed by atoms with van der Waals surface area (Å²) in [5, 5.41) is 15.9. The molecule has 0 fully saturated rings. The van der Waals surface area contributed by atoms with Gasteiger partial charge in [0.25, 0.3) is 0 Å². The van der Waals surface area contributed by atoms with Crippen LogP contribution in [-0.4, -0.2) is 33.5 Å². The van der Waals surface area contributed by atoms with Gasteiger partial charge in [0.1, 0.15) is 5.75 Å². The Morgan fingerprint density at radius 2 is 1.64 bits per heavy atom. The summed E-state index contributed by atoms with van der Waals surface area (Å²) >= 11 is 1.51. The highest BCUT2D eigenvalue weighted by atomic mass is 32.2. The number of aromatic nitrogens is 3. The van der Waals surface area contributed by atoms with Gasteiger partial charge in [0.2, 0.25) is 5.91 Å². The molecule has 0 unspecified atom stereocenters. The standard InChI is InChI=1S/C25H25N5O2S/c1-32-22-15-9-8-14-21(22)26-18-23-28-29-25(30(23)20-12-6-3-7-13-20)33-17-16-24(31)27-19-10-4-2-5-11-19/h2-15,26H,16-18H2,1H3,(H,27,31). The summed E-state index contributed by atoms with van der Waals surface area (Å²) in [4.78, 5) is 12.3. The minimum atomic E-state index is -0.0301. The highest BCUT2D eigenvalue weighted by molar-refractivity contribution is 7.99. The minimum Gasteiger partial charge on any atom is -0.495 e. The zero-order valence-electron chi connectivity index (χ0n) is 18.3. The second-order valence-corrected chi connectivity index (χ2v) is 8.20. The maximum absolute atomic E-state index is 12.3. The van der Waals surface area contributed by atoms with Crippen molar-refractivity contribution in [3.05, 3.63) is 90.8 Å². The molecule has 0 aliphatic rings. The summed E-state index contributed by atoms with van der Waals surface area (Å²) in [6.45, 7) is 0.470. The smallest absolute Gasteiger partial charge is 0.225 e. The van der Waals surface area contributed by atoms with E-state index in [0.29, 0.717) is 18.7 Å². The van der Waals surface area contributed by atoms with Crippen molar-refractivity contribution in [2.45, 2.75) is 18.1 Å². The van der Waals surface area contributed by atoms with E-state index in [4.69, 9.17) is 4.74 Å². The van der Waals surface area contributed by atoms with Gasteiger partial charge in [-0.2, -0.15) is 0 Å².